The van der Waals surface area contributed by atoms with Crippen LogP contribution in [0.25, 0.3) is 16.7 Å². The molecule has 0 bridgehead atoms. The lowest BCUT2D eigenvalue weighted by Gasteiger charge is -2.10. The third-order valence-corrected chi connectivity index (χ3v) is 4.90. The Labute approximate surface area is 152 Å². The quantitative estimate of drug-likeness (QED) is 0.316. The van der Waals surface area contributed by atoms with Gasteiger partial charge in [-0.1, -0.05) is 27.5 Å². The van der Waals surface area contributed by atoms with Crippen LogP contribution in [0.4, 0.5) is 4.39 Å². The Balaban J connectivity index is 2.37. The first-order valence-corrected chi connectivity index (χ1v) is 8.67. The van der Waals surface area contributed by atoms with Gasteiger partial charge in [0.2, 0.25) is 0 Å². The van der Waals surface area contributed by atoms with Gasteiger partial charge in [0.05, 0.1) is 31.2 Å². The number of hydrogen-bond acceptors (Lipinski definition) is 1. The lowest BCUT2D eigenvalue weighted by atomic mass is 10.2. The molecule has 0 spiro atoms. The molecule has 0 aliphatic carbocycles. The first-order valence-electron chi connectivity index (χ1n) is 5.89. The standard InChI is InChI=1S/C14H7BrCl2FIN2/c15-7-1-2-12(8(17)3-7)21-13-4-9(18)10(19)5-11(13)20-14(21)6-16/h1-5H,6H2. The van der Waals surface area contributed by atoms with E-state index in [1.54, 1.807) is 16.7 Å². The monoisotopic (exact) mass is 498 g/mol. The minimum atomic E-state index is -0.293. The van der Waals surface area contributed by atoms with E-state index in [0.29, 0.717) is 25.5 Å². The number of hydrogen-bond donors (Lipinski definition) is 0. The molecule has 0 radical (unpaired) electrons. The molecule has 2 nitrogen and oxygen atoms in total. The topological polar surface area (TPSA) is 17.8 Å². The molecule has 0 atom stereocenters. The highest BCUT2D eigenvalue weighted by Gasteiger charge is 2.16. The molecule has 0 saturated heterocycles. The van der Waals surface area contributed by atoms with Crippen LogP contribution in [0.5, 0.6) is 0 Å². The van der Waals surface area contributed by atoms with Crippen molar-refractivity contribution in [3.05, 3.63) is 55.0 Å². The molecule has 1 aromatic heterocycles. The Bertz CT molecular complexity index is 851. The number of alkyl halides is 1. The van der Waals surface area contributed by atoms with E-state index in [0.717, 1.165) is 10.2 Å². The summed E-state index contributed by atoms with van der Waals surface area (Å²) in [5, 5.41) is 0.536. The molecule has 108 valence electrons. The van der Waals surface area contributed by atoms with E-state index in [-0.39, 0.29) is 11.7 Å². The van der Waals surface area contributed by atoms with Crippen molar-refractivity contribution in [3.63, 3.8) is 0 Å². The van der Waals surface area contributed by atoms with Gasteiger partial charge in [-0.15, -0.1) is 11.6 Å². The molecule has 0 aliphatic rings. The number of rotatable bonds is 2. The average Bonchev–Trinajstić information content (AvgIpc) is 2.77. The SMILES string of the molecule is Fc1cc2c(cc1I)nc(CCl)n2-c1ccc(Br)cc1Cl. The summed E-state index contributed by atoms with van der Waals surface area (Å²) in [7, 11) is 0. The zero-order chi connectivity index (χ0) is 15.1. The van der Waals surface area contributed by atoms with Gasteiger partial charge in [-0.25, -0.2) is 9.37 Å². The van der Waals surface area contributed by atoms with Crippen LogP contribution in [0.2, 0.25) is 5.02 Å². The number of benzene rings is 2. The van der Waals surface area contributed by atoms with E-state index in [1.807, 2.05) is 34.7 Å². The largest absolute Gasteiger partial charge is 0.294 e. The van der Waals surface area contributed by atoms with E-state index in [2.05, 4.69) is 20.9 Å². The Morgan fingerprint density at radius 3 is 2.71 bits per heavy atom. The molecule has 0 amide bonds. The summed E-state index contributed by atoms with van der Waals surface area (Å²) in [4.78, 5) is 4.46. The van der Waals surface area contributed by atoms with Gasteiger partial charge in [0.25, 0.3) is 0 Å². The number of imidazole rings is 1. The van der Waals surface area contributed by atoms with Gasteiger partial charge in [0.15, 0.2) is 0 Å². The third kappa shape index (κ3) is 2.81. The minimum Gasteiger partial charge on any atom is -0.294 e. The molecule has 1 heterocycles. The van der Waals surface area contributed by atoms with Gasteiger partial charge < -0.3 is 0 Å². The van der Waals surface area contributed by atoms with Gasteiger partial charge in [0.1, 0.15) is 11.6 Å². The molecule has 7 heteroatoms. The van der Waals surface area contributed by atoms with Crippen molar-refractivity contribution < 1.29 is 4.39 Å². The van der Waals surface area contributed by atoms with Gasteiger partial charge in [-0.2, -0.15) is 0 Å². The number of aromatic nitrogens is 2. The van der Waals surface area contributed by atoms with Gasteiger partial charge >= 0.3 is 0 Å². The summed E-state index contributed by atoms with van der Waals surface area (Å²) in [6.45, 7) is 0. The number of fused-ring (bicyclic) bond motifs is 1. The van der Waals surface area contributed by atoms with Crippen molar-refractivity contribution in [2.45, 2.75) is 5.88 Å². The second-order valence-corrected chi connectivity index (χ2v) is 7.10. The Hall–Kier alpha value is -0.370. The third-order valence-electron chi connectivity index (χ3n) is 3.04. The van der Waals surface area contributed by atoms with Crippen molar-refractivity contribution in [2.75, 3.05) is 0 Å². The highest BCUT2D eigenvalue weighted by Crippen LogP contribution is 2.31. The van der Waals surface area contributed by atoms with Crippen molar-refractivity contribution in [2.24, 2.45) is 0 Å². The zero-order valence-corrected chi connectivity index (χ0v) is 15.6. The molecule has 2 aromatic carbocycles. The van der Waals surface area contributed by atoms with E-state index in [4.69, 9.17) is 23.2 Å². The predicted octanol–water partition coefficient (Wildman–Crippen LogP) is 5.92. The van der Waals surface area contributed by atoms with E-state index < -0.39 is 0 Å². The fourth-order valence-corrected chi connectivity index (χ4v) is 3.53. The van der Waals surface area contributed by atoms with Crippen LogP contribution in [-0.2, 0) is 5.88 Å². The van der Waals surface area contributed by atoms with Crippen LogP contribution in [0.1, 0.15) is 5.82 Å². The average molecular weight is 500 g/mol. The molecular formula is C14H7BrCl2FIN2. The fraction of sp³-hybridized carbons (Fsp3) is 0.0714. The normalized spacial score (nSPS) is 11.3. The van der Waals surface area contributed by atoms with Crippen molar-refractivity contribution >= 4 is 72.8 Å². The van der Waals surface area contributed by atoms with Gasteiger partial charge in [0, 0.05) is 10.5 Å². The maximum Gasteiger partial charge on any atom is 0.138 e. The Kier molecular flexibility index (Phi) is 4.45. The summed E-state index contributed by atoms with van der Waals surface area (Å²) in [5.74, 6) is 0.537. The molecule has 21 heavy (non-hydrogen) atoms. The molecule has 3 rings (SSSR count). The lowest BCUT2D eigenvalue weighted by molar-refractivity contribution is 0.622. The molecule has 0 N–H and O–H groups in total. The molecule has 0 aliphatic heterocycles. The van der Waals surface area contributed by atoms with Crippen LogP contribution in [0, 0.1) is 9.39 Å². The zero-order valence-electron chi connectivity index (χ0n) is 10.4. The van der Waals surface area contributed by atoms with Crippen LogP contribution < -0.4 is 0 Å². The smallest absolute Gasteiger partial charge is 0.138 e. The van der Waals surface area contributed by atoms with Crippen molar-refractivity contribution in [1.82, 2.24) is 9.55 Å². The van der Waals surface area contributed by atoms with Crippen LogP contribution in [0.15, 0.2) is 34.8 Å². The van der Waals surface area contributed by atoms with Crippen molar-refractivity contribution in [1.29, 1.82) is 0 Å². The number of nitrogens with zero attached hydrogens (tertiary/aromatic N) is 2. The van der Waals surface area contributed by atoms with E-state index >= 15 is 0 Å². The van der Waals surface area contributed by atoms with E-state index in [1.165, 1.54) is 6.07 Å². The summed E-state index contributed by atoms with van der Waals surface area (Å²) in [5.41, 5.74) is 2.06. The summed E-state index contributed by atoms with van der Waals surface area (Å²) in [6.07, 6.45) is 0. The highest BCUT2D eigenvalue weighted by atomic mass is 127. The molecule has 0 fully saturated rings. The van der Waals surface area contributed by atoms with Crippen LogP contribution in [-0.4, -0.2) is 9.55 Å². The first kappa shape index (κ1) is 15.5. The first-order chi connectivity index (χ1) is 10.0. The number of halogens is 5. The van der Waals surface area contributed by atoms with Crippen molar-refractivity contribution in [3.8, 4) is 5.69 Å². The molecule has 0 unspecified atom stereocenters. The molecule has 3 aromatic rings. The predicted molar refractivity (Wildman–Crippen MR) is 96.0 cm³/mol. The van der Waals surface area contributed by atoms with Crippen LogP contribution >= 0.6 is 61.7 Å². The Morgan fingerprint density at radius 2 is 2.05 bits per heavy atom. The molecule has 0 saturated carbocycles. The lowest BCUT2D eigenvalue weighted by Crippen LogP contribution is -2.00. The van der Waals surface area contributed by atoms with Gasteiger partial charge in [-0.3, -0.25) is 4.57 Å². The second-order valence-electron chi connectivity index (χ2n) is 4.35. The summed E-state index contributed by atoms with van der Waals surface area (Å²) >= 11 is 17.6. The van der Waals surface area contributed by atoms with Gasteiger partial charge in [-0.05, 0) is 46.9 Å². The highest BCUT2D eigenvalue weighted by molar-refractivity contribution is 14.1. The maximum absolute atomic E-state index is 13.9. The maximum atomic E-state index is 13.9. The minimum absolute atomic E-state index is 0.208. The second kappa shape index (κ2) is 6.02. The van der Waals surface area contributed by atoms with Crippen LogP contribution in [0.3, 0.4) is 0 Å². The fourth-order valence-electron chi connectivity index (χ4n) is 2.14. The summed E-state index contributed by atoms with van der Waals surface area (Å²) in [6, 6.07) is 8.65. The molecular weight excluding hydrogens is 493 g/mol. The van der Waals surface area contributed by atoms with E-state index in [9.17, 15) is 4.39 Å². The Morgan fingerprint density at radius 1 is 1.29 bits per heavy atom. The summed E-state index contributed by atoms with van der Waals surface area (Å²) < 4.78 is 17.1.